The maximum Gasteiger partial charge on any atom is 0.508 e. The minimum absolute atomic E-state index is 0.124. The SMILES string of the molecule is N#Cc1ccc(COC(=O)OCc2ccccc2)cc1. The second-order valence-electron chi connectivity index (χ2n) is 4.12. The number of hydrogen-bond acceptors (Lipinski definition) is 4. The number of benzene rings is 2. The predicted octanol–water partition coefficient (Wildman–Crippen LogP) is 3.41. The molecule has 0 aliphatic carbocycles. The van der Waals surface area contributed by atoms with Crippen LogP contribution in [0, 0.1) is 11.3 Å². The minimum Gasteiger partial charge on any atom is -0.429 e. The third-order valence-electron chi connectivity index (χ3n) is 2.64. The molecule has 0 bridgehead atoms. The molecule has 0 radical (unpaired) electrons. The fourth-order valence-electron chi connectivity index (χ4n) is 1.58. The van der Waals surface area contributed by atoms with Crippen molar-refractivity contribution < 1.29 is 14.3 Å². The third kappa shape index (κ3) is 4.14. The zero-order valence-corrected chi connectivity index (χ0v) is 10.8. The Morgan fingerprint density at radius 3 is 2.00 bits per heavy atom. The fraction of sp³-hybridized carbons (Fsp3) is 0.125. The van der Waals surface area contributed by atoms with Gasteiger partial charge in [0.2, 0.25) is 0 Å². The lowest BCUT2D eigenvalue weighted by Crippen LogP contribution is -2.07. The van der Waals surface area contributed by atoms with Gasteiger partial charge in [-0.15, -0.1) is 0 Å². The predicted molar refractivity (Wildman–Crippen MR) is 72.6 cm³/mol. The van der Waals surface area contributed by atoms with Crippen molar-refractivity contribution in [2.45, 2.75) is 13.2 Å². The Morgan fingerprint density at radius 1 is 0.900 bits per heavy atom. The summed E-state index contributed by atoms with van der Waals surface area (Å²) in [5, 5.41) is 8.67. The first-order valence-corrected chi connectivity index (χ1v) is 6.10. The lowest BCUT2D eigenvalue weighted by atomic mass is 10.2. The van der Waals surface area contributed by atoms with Crippen LogP contribution in [0.2, 0.25) is 0 Å². The molecule has 0 aliphatic heterocycles. The third-order valence-corrected chi connectivity index (χ3v) is 2.64. The van der Waals surface area contributed by atoms with Gasteiger partial charge in [0.25, 0.3) is 0 Å². The first-order chi connectivity index (χ1) is 9.78. The molecule has 0 saturated carbocycles. The van der Waals surface area contributed by atoms with Gasteiger partial charge in [-0.1, -0.05) is 42.5 Å². The van der Waals surface area contributed by atoms with E-state index in [0.717, 1.165) is 11.1 Å². The zero-order valence-electron chi connectivity index (χ0n) is 10.8. The quantitative estimate of drug-likeness (QED) is 0.796. The average Bonchev–Trinajstić information content (AvgIpc) is 2.52. The normalized spacial score (nSPS) is 9.55. The van der Waals surface area contributed by atoms with Gasteiger partial charge < -0.3 is 9.47 Å². The molecule has 0 amide bonds. The van der Waals surface area contributed by atoms with Crippen molar-refractivity contribution in [2.75, 3.05) is 0 Å². The monoisotopic (exact) mass is 267 g/mol. The van der Waals surface area contributed by atoms with Crippen LogP contribution < -0.4 is 0 Å². The smallest absolute Gasteiger partial charge is 0.429 e. The standard InChI is InChI=1S/C16H13NO3/c17-10-13-6-8-15(9-7-13)12-20-16(18)19-11-14-4-2-1-3-5-14/h1-9H,11-12H2. The van der Waals surface area contributed by atoms with Crippen LogP contribution in [-0.2, 0) is 22.7 Å². The van der Waals surface area contributed by atoms with E-state index in [2.05, 4.69) is 0 Å². The summed E-state index contributed by atoms with van der Waals surface area (Å²) in [7, 11) is 0. The van der Waals surface area contributed by atoms with Gasteiger partial charge in [0, 0.05) is 0 Å². The highest BCUT2D eigenvalue weighted by Crippen LogP contribution is 2.06. The molecule has 0 N–H and O–H groups in total. The highest BCUT2D eigenvalue weighted by Gasteiger charge is 2.05. The largest absolute Gasteiger partial charge is 0.508 e. The van der Waals surface area contributed by atoms with E-state index in [4.69, 9.17) is 14.7 Å². The van der Waals surface area contributed by atoms with Crippen LogP contribution in [0.1, 0.15) is 16.7 Å². The Kier molecular flexibility index (Phi) is 4.74. The molecule has 2 aromatic carbocycles. The van der Waals surface area contributed by atoms with Gasteiger partial charge in [-0.2, -0.15) is 5.26 Å². The molecule has 0 unspecified atom stereocenters. The number of carbonyl (C=O) groups is 1. The van der Waals surface area contributed by atoms with E-state index < -0.39 is 6.16 Å². The first-order valence-electron chi connectivity index (χ1n) is 6.10. The Bertz CT molecular complexity index is 600. The molecule has 0 aromatic heterocycles. The number of ether oxygens (including phenoxy) is 2. The van der Waals surface area contributed by atoms with Crippen molar-refractivity contribution in [1.29, 1.82) is 5.26 Å². The molecular formula is C16H13NO3. The number of rotatable bonds is 4. The van der Waals surface area contributed by atoms with Gasteiger partial charge in [0.05, 0.1) is 11.6 Å². The highest BCUT2D eigenvalue weighted by molar-refractivity contribution is 5.60. The van der Waals surface area contributed by atoms with E-state index in [9.17, 15) is 4.79 Å². The molecule has 0 aliphatic rings. The van der Waals surface area contributed by atoms with Crippen LogP contribution in [-0.4, -0.2) is 6.16 Å². The lowest BCUT2D eigenvalue weighted by molar-refractivity contribution is 0.0446. The van der Waals surface area contributed by atoms with E-state index in [0.29, 0.717) is 5.56 Å². The summed E-state index contributed by atoms with van der Waals surface area (Å²) in [6, 6.07) is 18.2. The van der Waals surface area contributed by atoms with Crippen molar-refractivity contribution >= 4 is 6.16 Å². The fourth-order valence-corrected chi connectivity index (χ4v) is 1.58. The Hall–Kier alpha value is -2.80. The summed E-state index contributed by atoms with van der Waals surface area (Å²) in [6.07, 6.45) is -0.710. The first kappa shape index (κ1) is 13.6. The van der Waals surface area contributed by atoms with E-state index in [-0.39, 0.29) is 13.2 Å². The van der Waals surface area contributed by atoms with Crippen LogP contribution in [0.25, 0.3) is 0 Å². The molecular weight excluding hydrogens is 254 g/mol. The maximum atomic E-state index is 11.4. The van der Waals surface area contributed by atoms with E-state index in [1.54, 1.807) is 24.3 Å². The molecule has 2 aromatic rings. The number of nitrogens with zero attached hydrogens (tertiary/aromatic N) is 1. The van der Waals surface area contributed by atoms with E-state index >= 15 is 0 Å². The van der Waals surface area contributed by atoms with Gasteiger partial charge in [-0.25, -0.2) is 4.79 Å². The summed E-state index contributed by atoms with van der Waals surface area (Å²) in [6.45, 7) is 0.312. The topological polar surface area (TPSA) is 59.3 Å². The Labute approximate surface area is 117 Å². The molecule has 2 rings (SSSR count). The average molecular weight is 267 g/mol. The van der Waals surface area contributed by atoms with Gasteiger partial charge in [0.15, 0.2) is 0 Å². The van der Waals surface area contributed by atoms with Crippen molar-refractivity contribution in [1.82, 2.24) is 0 Å². The molecule has 20 heavy (non-hydrogen) atoms. The van der Waals surface area contributed by atoms with Gasteiger partial charge in [-0.3, -0.25) is 0 Å². The lowest BCUT2D eigenvalue weighted by Gasteiger charge is -2.06. The number of nitriles is 1. The van der Waals surface area contributed by atoms with Crippen LogP contribution in [0.5, 0.6) is 0 Å². The summed E-state index contributed by atoms with van der Waals surface area (Å²) >= 11 is 0. The van der Waals surface area contributed by atoms with Crippen molar-refractivity contribution in [3.05, 3.63) is 71.3 Å². The van der Waals surface area contributed by atoms with Crippen LogP contribution in [0.3, 0.4) is 0 Å². The molecule has 4 nitrogen and oxygen atoms in total. The van der Waals surface area contributed by atoms with Gasteiger partial charge in [0.1, 0.15) is 13.2 Å². The van der Waals surface area contributed by atoms with Crippen molar-refractivity contribution in [2.24, 2.45) is 0 Å². The van der Waals surface area contributed by atoms with Crippen LogP contribution in [0.15, 0.2) is 54.6 Å². The molecule has 0 atom stereocenters. The number of hydrogen-bond donors (Lipinski definition) is 0. The summed E-state index contributed by atoms with van der Waals surface area (Å²) in [5.74, 6) is 0. The highest BCUT2D eigenvalue weighted by atomic mass is 16.7. The van der Waals surface area contributed by atoms with E-state index in [1.807, 2.05) is 36.4 Å². The Morgan fingerprint density at radius 2 is 1.45 bits per heavy atom. The minimum atomic E-state index is -0.710. The van der Waals surface area contributed by atoms with Gasteiger partial charge >= 0.3 is 6.16 Å². The van der Waals surface area contributed by atoms with E-state index in [1.165, 1.54) is 0 Å². The van der Waals surface area contributed by atoms with Crippen LogP contribution in [0.4, 0.5) is 4.79 Å². The zero-order chi connectivity index (χ0) is 14.2. The van der Waals surface area contributed by atoms with Gasteiger partial charge in [-0.05, 0) is 23.3 Å². The molecule has 0 saturated heterocycles. The molecule has 0 spiro atoms. The second-order valence-corrected chi connectivity index (χ2v) is 4.12. The second kappa shape index (κ2) is 6.95. The summed E-state index contributed by atoms with van der Waals surface area (Å²) in [5.41, 5.74) is 2.28. The summed E-state index contributed by atoms with van der Waals surface area (Å²) in [4.78, 5) is 11.4. The number of carbonyl (C=O) groups excluding carboxylic acids is 1. The molecule has 0 heterocycles. The summed E-state index contributed by atoms with van der Waals surface area (Å²) < 4.78 is 9.96. The van der Waals surface area contributed by atoms with Crippen molar-refractivity contribution in [3.63, 3.8) is 0 Å². The Balaban J connectivity index is 1.76. The maximum absolute atomic E-state index is 11.4. The van der Waals surface area contributed by atoms with Crippen molar-refractivity contribution in [3.8, 4) is 6.07 Å². The van der Waals surface area contributed by atoms with Crippen LogP contribution >= 0.6 is 0 Å². The molecule has 0 fully saturated rings. The molecule has 100 valence electrons. The molecule has 4 heteroatoms.